The highest BCUT2D eigenvalue weighted by atomic mass is 32.2. The van der Waals surface area contributed by atoms with Gasteiger partial charge in [-0.1, -0.05) is 11.7 Å². The molecule has 0 spiro atoms. The summed E-state index contributed by atoms with van der Waals surface area (Å²) in [5.41, 5.74) is 9.10. The second kappa shape index (κ2) is 9.20. The van der Waals surface area contributed by atoms with Gasteiger partial charge in [-0.15, -0.1) is 0 Å². The molecule has 3 N–H and O–H groups in total. The summed E-state index contributed by atoms with van der Waals surface area (Å²) < 4.78 is 17.9. The molecule has 0 atom stereocenters. The Labute approximate surface area is 219 Å². The zero-order valence-corrected chi connectivity index (χ0v) is 21.9. The van der Waals surface area contributed by atoms with E-state index in [4.69, 9.17) is 4.98 Å². The number of aryl methyl sites for hydroxylation is 1. The van der Waals surface area contributed by atoms with E-state index >= 15 is 0 Å². The van der Waals surface area contributed by atoms with Crippen molar-refractivity contribution in [1.82, 2.24) is 34.9 Å². The van der Waals surface area contributed by atoms with Crippen LogP contribution in [0, 0.1) is 12.7 Å². The summed E-state index contributed by atoms with van der Waals surface area (Å²) >= 11 is 0. The summed E-state index contributed by atoms with van der Waals surface area (Å²) in [6.45, 7) is 2.49. The van der Waals surface area contributed by atoms with Gasteiger partial charge in [0, 0.05) is 41.6 Å². The topological polar surface area (TPSA) is 95.2 Å². The van der Waals surface area contributed by atoms with Crippen LogP contribution in [0.1, 0.15) is 11.1 Å². The molecule has 6 rings (SSSR count). The summed E-state index contributed by atoms with van der Waals surface area (Å²) in [7, 11) is -1.42. The second-order valence-corrected chi connectivity index (χ2v) is 12.5. The third-order valence-corrected chi connectivity index (χ3v) is 7.11. The molecule has 1 aromatic carbocycles. The highest BCUT2D eigenvalue weighted by Gasteiger charge is 2.16. The van der Waals surface area contributed by atoms with Crippen LogP contribution in [0.3, 0.4) is 0 Å². The van der Waals surface area contributed by atoms with E-state index in [2.05, 4.69) is 47.7 Å². The van der Waals surface area contributed by atoms with Gasteiger partial charge in [0.2, 0.25) is 0 Å². The van der Waals surface area contributed by atoms with Gasteiger partial charge >= 0.3 is 0 Å². The number of hydrogen-bond acceptors (Lipinski definition) is 5. The van der Waals surface area contributed by atoms with Crippen LogP contribution in [0.4, 0.5) is 4.39 Å². The van der Waals surface area contributed by atoms with Gasteiger partial charge in [-0.25, -0.2) is 9.37 Å². The van der Waals surface area contributed by atoms with Crippen molar-refractivity contribution in [3.05, 3.63) is 84.2 Å². The van der Waals surface area contributed by atoms with E-state index in [-0.39, 0.29) is 5.82 Å². The van der Waals surface area contributed by atoms with Crippen molar-refractivity contribution >= 4 is 43.1 Å². The van der Waals surface area contributed by atoms with E-state index in [1.54, 1.807) is 18.6 Å². The molecule has 5 aromatic heterocycles. The Balaban J connectivity index is 1.43. The van der Waals surface area contributed by atoms with Gasteiger partial charge in [0.1, 0.15) is 17.0 Å². The minimum absolute atomic E-state index is 0.308. The van der Waals surface area contributed by atoms with Crippen LogP contribution in [-0.2, 0) is 6.54 Å². The molecule has 0 aliphatic carbocycles. The summed E-state index contributed by atoms with van der Waals surface area (Å²) in [6, 6.07) is 13.0. The molecule has 9 heteroatoms. The summed E-state index contributed by atoms with van der Waals surface area (Å²) in [6.07, 6.45) is 9.10. The Morgan fingerprint density at radius 3 is 2.61 bits per heavy atom. The third-order valence-electron chi connectivity index (χ3n) is 6.27. The van der Waals surface area contributed by atoms with Gasteiger partial charge in [-0.3, -0.25) is 19.8 Å². The molecular weight excluding hydrogens is 497 g/mol. The van der Waals surface area contributed by atoms with Crippen molar-refractivity contribution in [2.24, 2.45) is 0 Å². The summed E-state index contributed by atoms with van der Waals surface area (Å²) in [5.74, 6) is 7.77. The van der Waals surface area contributed by atoms with Gasteiger partial charge in [0.05, 0.1) is 28.6 Å². The molecule has 0 bridgehead atoms. The minimum atomic E-state index is -1.42. The van der Waals surface area contributed by atoms with Gasteiger partial charge in [0.15, 0.2) is 0 Å². The number of pyridine rings is 3. The summed E-state index contributed by atoms with van der Waals surface area (Å²) in [5, 5.41) is 8.55. The summed E-state index contributed by atoms with van der Waals surface area (Å²) in [4.78, 5) is 17.0. The molecule has 0 saturated carbocycles. The Kier molecular flexibility index (Phi) is 5.81. The average Bonchev–Trinajstić information content (AvgIpc) is 3.50. The molecule has 190 valence electrons. The molecule has 0 fully saturated rings. The van der Waals surface area contributed by atoms with Crippen molar-refractivity contribution in [3.63, 3.8) is 0 Å². The number of aromatic nitrogens is 6. The maximum absolute atomic E-state index is 14.6. The van der Waals surface area contributed by atoms with E-state index < -0.39 is 9.39 Å². The van der Waals surface area contributed by atoms with Crippen molar-refractivity contribution in [1.29, 1.82) is 0 Å². The van der Waals surface area contributed by atoms with Crippen LogP contribution < -0.4 is 4.72 Å². The van der Waals surface area contributed by atoms with Crippen molar-refractivity contribution in [2.45, 2.75) is 13.5 Å². The lowest BCUT2D eigenvalue weighted by molar-refractivity contribution is 0.625. The first-order valence-corrected chi connectivity index (χ1v) is 14.3. The van der Waals surface area contributed by atoms with Crippen LogP contribution in [0.5, 0.6) is 0 Å². The van der Waals surface area contributed by atoms with Crippen molar-refractivity contribution < 1.29 is 4.39 Å². The molecule has 0 amide bonds. The molecule has 0 aliphatic rings. The van der Waals surface area contributed by atoms with E-state index in [0.717, 1.165) is 61.1 Å². The fourth-order valence-corrected chi connectivity index (χ4v) is 5.03. The Morgan fingerprint density at radius 2 is 1.79 bits per heavy atom. The van der Waals surface area contributed by atoms with Gasteiger partial charge in [0.25, 0.3) is 0 Å². The number of hydrogen-bond donors (Lipinski definition) is 3. The quantitative estimate of drug-likeness (QED) is 0.234. The first kappa shape index (κ1) is 24.0. The standard InChI is InChI=1S/C29H26FN7S/c1-17-7-20(14-31-12-17)24-5-6-25-28(35-24)29(37-36-25)26-11-22-23(15-32-16-27(22)34-26)19-8-18(9-21(30)10-19)13-33-38(2,3)4/h5-12,14-16,33-34H,2-3,13H2,1,4H3,(H,36,37). The fraction of sp³-hybridized carbons (Fsp3) is 0.103. The van der Waals surface area contributed by atoms with Gasteiger partial charge in [-0.2, -0.15) is 14.5 Å². The van der Waals surface area contributed by atoms with Crippen LogP contribution >= 0.6 is 9.39 Å². The van der Waals surface area contributed by atoms with E-state index in [1.807, 2.05) is 43.6 Å². The molecule has 0 radical (unpaired) electrons. The number of fused-ring (bicyclic) bond motifs is 2. The molecule has 38 heavy (non-hydrogen) atoms. The number of benzene rings is 1. The molecule has 5 heterocycles. The molecule has 0 aliphatic heterocycles. The zero-order valence-electron chi connectivity index (χ0n) is 21.0. The molecule has 0 saturated heterocycles. The Morgan fingerprint density at radius 1 is 0.947 bits per heavy atom. The molecular formula is C29H26FN7S. The lowest BCUT2D eigenvalue weighted by Crippen LogP contribution is -2.08. The first-order valence-electron chi connectivity index (χ1n) is 12.0. The van der Waals surface area contributed by atoms with Crippen LogP contribution in [0.2, 0.25) is 0 Å². The molecule has 0 unspecified atom stereocenters. The van der Waals surface area contributed by atoms with Crippen LogP contribution in [0.15, 0.2) is 67.3 Å². The number of H-pyrrole nitrogens is 2. The average molecular weight is 524 g/mol. The fourth-order valence-electron chi connectivity index (χ4n) is 4.52. The zero-order chi connectivity index (χ0) is 26.4. The van der Waals surface area contributed by atoms with E-state index in [9.17, 15) is 4.39 Å². The number of nitrogens with one attached hydrogen (secondary N) is 3. The number of nitrogens with zero attached hydrogens (tertiary/aromatic N) is 4. The largest absolute Gasteiger partial charge is 0.352 e. The van der Waals surface area contributed by atoms with Crippen molar-refractivity contribution in [2.75, 3.05) is 6.26 Å². The maximum atomic E-state index is 14.6. The maximum Gasteiger partial charge on any atom is 0.135 e. The van der Waals surface area contributed by atoms with Crippen molar-refractivity contribution in [3.8, 4) is 33.8 Å². The normalized spacial score (nSPS) is 12.0. The lowest BCUT2D eigenvalue weighted by Gasteiger charge is -2.12. The van der Waals surface area contributed by atoms with Gasteiger partial charge in [-0.05, 0) is 72.3 Å². The van der Waals surface area contributed by atoms with Gasteiger partial charge < -0.3 is 4.98 Å². The Hall–Kier alpha value is -4.34. The lowest BCUT2D eigenvalue weighted by atomic mass is 10.0. The SMILES string of the molecule is C=S(=C)(C)NCc1cc(F)cc(-c2cncc3[nH]c(-c4n[nH]c5ccc(-c6cncc(C)c6)nc45)cc23)c1. The van der Waals surface area contributed by atoms with Crippen LogP contribution in [0.25, 0.3) is 55.7 Å². The number of rotatable bonds is 6. The predicted molar refractivity (Wildman–Crippen MR) is 157 cm³/mol. The number of halogens is 1. The minimum Gasteiger partial charge on any atom is -0.352 e. The first-order chi connectivity index (χ1) is 18.2. The van der Waals surface area contributed by atoms with E-state index in [1.165, 1.54) is 12.1 Å². The van der Waals surface area contributed by atoms with Crippen LogP contribution in [-0.4, -0.2) is 48.1 Å². The third kappa shape index (κ3) is 4.69. The highest BCUT2D eigenvalue weighted by Crippen LogP contribution is 2.34. The second-order valence-electron chi connectivity index (χ2n) is 9.69. The smallest absolute Gasteiger partial charge is 0.135 e. The predicted octanol–water partition coefficient (Wildman–Crippen LogP) is 5.98. The number of aromatic amines is 2. The molecule has 7 nitrogen and oxygen atoms in total. The highest BCUT2D eigenvalue weighted by molar-refractivity contribution is 8.25. The monoisotopic (exact) mass is 523 g/mol. The Bertz CT molecular complexity index is 1940. The molecule has 6 aromatic rings. The van der Waals surface area contributed by atoms with E-state index in [0.29, 0.717) is 12.2 Å².